The van der Waals surface area contributed by atoms with Crippen LogP contribution in [0.4, 0.5) is 5.69 Å². The normalized spacial score (nSPS) is 12.0. The molecule has 1 N–H and O–H groups in total. The maximum atomic E-state index is 12.8. The molecule has 1 atom stereocenters. The molecule has 0 bridgehead atoms. The van der Waals surface area contributed by atoms with Crippen LogP contribution in [0.5, 0.6) is 0 Å². The number of hydrogen-bond donors (Lipinski definition) is 1. The van der Waals surface area contributed by atoms with Gasteiger partial charge in [0.2, 0.25) is 0 Å². The van der Waals surface area contributed by atoms with Crippen LogP contribution in [0.25, 0.3) is 0 Å². The Morgan fingerprint density at radius 3 is 2.27 bits per heavy atom. The quantitative estimate of drug-likeness (QED) is 0.459. The molecule has 7 heteroatoms. The van der Waals surface area contributed by atoms with Crippen LogP contribution in [0, 0.1) is 29.9 Å². The minimum absolute atomic E-state index is 0.0478. The molecule has 1 amide bonds. The van der Waals surface area contributed by atoms with Crippen molar-refractivity contribution in [3.8, 4) is 0 Å². The predicted molar refractivity (Wildman–Crippen MR) is 115 cm³/mol. The zero-order valence-electron chi connectivity index (χ0n) is 17.6. The Bertz CT molecular complexity index is 1040. The zero-order valence-corrected chi connectivity index (χ0v) is 17.6. The van der Waals surface area contributed by atoms with E-state index in [1.54, 1.807) is 30.7 Å². The van der Waals surface area contributed by atoms with Crippen molar-refractivity contribution < 1.29 is 9.72 Å². The number of benzene rings is 2. The van der Waals surface area contributed by atoms with Crippen molar-refractivity contribution in [1.82, 2.24) is 15.1 Å². The molecule has 3 rings (SSSR count). The Kier molecular flexibility index (Phi) is 6.30. The summed E-state index contributed by atoms with van der Waals surface area (Å²) in [6, 6.07) is 17.1. The third kappa shape index (κ3) is 4.56. The lowest BCUT2D eigenvalue weighted by Crippen LogP contribution is -2.31. The third-order valence-electron chi connectivity index (χ3n) is 5.19. The van der Waals surface area contributed by atoms with E-state index in [-0.39, 0.29) is 23.6 Å². The van der Waals surface area contributed by atoms with Gasteiger partial charge in [0.15, 0.2) is 0 Å². The fraction of sp³-hybridized carbons (Fsp3) is 0.304. The number of aromatic nitrogens is 2. The second kappa shape index (κ2) is 8.90. The van der Waals surface area contributed by atoms with Crippen molar-refractivity contribution in [2.24, 2.45) is 5.92 Å². The van der Waals surface area contributed by atoms with Crippen LogP contribution < -0.4 is 5.32 Å². The van der Waals surface area contributed by atoms with Crippen LogP contribution in [-0.4, -0.2) is 20.6 Å². The minimum Gasteiger partial charge on any atom is -0.345 e. The van der Waals surface area contributed by atoms with Crippen LogP contribution >= 0.6 is 0 Å². The van der Waals surface area contributed by atoms with Crippen molar-refractivity contribution in [3.05, 3.63) is 92.8 Å². The van der Waals surface area contributed by atoms with Crippen molar-refractivity contribution >= 4 is 11.6 Å². The Morgan fingerprint density at radius 1 is 1.10 bits per heavy atom. The standard InChI is InChI=1S/C23H26N4O3/c1-15(2)21(19-8-6-5-7-9-19)24-23(28)20-12-10-18(11-13-20)14-26-17(4)22(27(29)30)16(3)25-26/h5-13,15,21H,14H2,1-4H3,(H,24,28). The van der Waals surface area contributed by atoms with E-state index in [1.165, 1.54) is 0 Å². The highest BCUT2D eigenvalue weighted by Crippen LogP contribution is 2.23. The average molecular weight is 406 g/mol. The maximum absolute atomic E-state index is 12.8. The number of aryl methyl sites for hydroxylation is 1. The fourth-order valence-corrected chi connectivity index (χ4v) is 3.56. The van der Waals surface area contributed by atoms with Gasteiger partial charge in [-0.2, -0.15) is 5.10 Å². The fourth-order valence-electron chi connectivity index (χ4n) is 3.56. The molecule has 1 aromatic heterocycles. The maximum Gasteiger partial charge on any atom is 0.312 e. The number of carbonyl (C=O) groups is 1. The van der Waals surface area contributed by atoms with E-state index in [4.69, 9.17) is 0 Å². The molecule has 3 aromatic rings. The topological polar surface area (TPSA) is 90.1 Å². The lowest BCUT2D eigenvalue weighted by molar-refractivity contribution is -0.386. The highest BCUT2D eigenvalue weighted by Gasteiger charge is 2.22. The third-order valence-corrected chi connectivity index (χ3v) is 5.19. The largest absolute Gasteiger partial charge is 0.345 e. The first-order valence-electron chi connectivity index (χ1n) is 9.91. The van der Waals surface area contributed by atoms with E-state index in [0.717, 1.165) is 11.1 Å². The summed E-state index contributed by atoms with van der Waals surface area (Å²) in [5.74, 6) is 0.114. The van der Waals surface area contributed by atoms with Gasteiger partial charge in [-0.25, -0.2) is 0 Å². The number of nitrogens with one attached hydrogen (secondary N) is 1. The average Bonchev–Trinajstić information content (AvgIpc) is 3.00. The van der Waals surface area contributed by atoms with Crippen LogP contribution in [0.3, 0.4) is 0 Å². The molecule has 0 fully saturated rings. The molecule has 156 valence electrons. The zero-order chi connectivity index (χ0) is 21.8. The van der Waals surface area contributed by atoms with Gasteiger partial charge in [0, 0.05) is 5.56 Å². The van der Waals surface area contributed by atoms with Gasteiger partial charge in [-0.15, -0.1) is 0 Å². The van der Waals surface area contributed by atoms with E-state index >= 15 is 0 Å². The molecule has 2 aromatic carbocycles. The first-order chi connectivity index (χ1) is 14.3. The van der Waals surface area contributed by atoms with Crippen LogP contribution in [0.15, 0.2) is 54.6 Å². The number of amides is 1. The van der Waals surface area contributed by atoms with Crippen LogP contribution in [0.2, 0.25) is 0 Å². The Labute approximate surface area is 175 Å². The molecule has 1 heterocycles. The van der Waals surface area contributed by atoms with E-state index in [9.17, 15) is 14.9 Å². The molecule has 0 aliphatic carbocycles. The SMILES string of the molecule is Cc1nn(Cc2ccc(C(=O)NC(c3ccccc3)C(C)C)cc2)c(C)c1[N+](=O)[O-]. The number of carbonyl (C=O) groups excluding carboxylic acids is 1. The smallest absolute Gasteiger partial charge is 0.312 e. The van der Waals surface area contributed by atoms with Crippen molar-refractivity contribution in [2.45, 2.75) is 40.3 Å². The van der Waals surface area contributed by atoms with Gasteiger partial charge >= 0.3 is 5.69 Å². The Morgan fingerprint density at radius 2 is 1.73 bits per heavy atom. The summed E-state index contributed by atoms with van der Waals surface area (Å²) in [6.07, 6.45) is 0. The second-order valence-corrected chi connectivity index (χ2v) is 7.74. The van der Waals surface area contributed by atoms with Gasteiger partial charge in [0.05, 0.1) is 17.5 Å². The number of hydrogen-bond acceptors (Lipinski definition) is 4. The van der Waals surface area contributed by atoms with Gasteiger partial charge in [-0.05, 0) is 43.0 Å². The van der Waals surface area contributed by atoms with E-state index < -0.39 is 4.92 Å². The van der Waals surface area contributed by atoms with Gasteiger partial charge in [0.25, 0.3) is 5.91 Å². The molecule has 0 radical (unpaired) electrons. The first kappa shape index (κ1) is 21.2. The van der Waals surface area contributed by atoms with E-state index in [0.29, 0.717) is 23.5 Å². The summed E-state index contributed by atoms with van der Waals surface area (Å²) in [6.45, 7) is 7.88. The summed E-state index contributed by atoms with van der Waals surface area (Å²) in [4.78, 5) is 23.5. The Hall–Kier alpha value is -3.48. The molecular weight excluding hydrogens is 380 g/mol. The van der Waals surface area contributed by atoms with Crippen molar-refractivity contribution in [1.29, 1.82) is 0 Å². The molecule has 0 spiro atoms. The highest BCUT2D eigenvalue weighted by molar-refractivity contribution is 5.94. The summed E-state index contributed by atoms with van der Waals surface area (Å²) < 4.78 is 1.62. The summed E-state index contributed by atoms with van der Waals surface area (Å²) in [5.41, 5.74) is 3.52. The summed E-state index contributed by atoms with van der Waals surface area (Å²) in [5, 5.41) is 18.6. The van der Waals surface area contributed by atoms with E-state index in [2.05, 4.69) is 24.3 Å². The van der Waals surface area contributed by atoms with Crippen LogP contribution in [0.1, 0.15) is 52.8 Å². The van der Waals surface area contributed by atoms with E-state index in [1.807, 2.05) is 42.5 Å². The Balaban J connectivity index is 1.73. The van der Waals surface area contributed by atoms with Gasteiger partial charge in [0.1, 0.15) is 11.4 Å². The number of nitro groups is 1. The van der Waals surface area contributed by atoms with Gasteiger partial charge in [-0.3, -0.25) is 19.6 Å². The minimum atomic E-state index is -0.403. The molecule has 0 saturated heterocycles. The summed E-state index contributed by atoms with van der Waals surface area (Å²) >= 11 is 0. The van der Waals surface area contributed by atoms with Gasteiger partial charge < -0.3 is 5.32 Å². The number of nitrogens with zero attached hydrogens (tertiary/aromatic N) is 3. The lowest BCUT2D eigenvalue weighted by Gasteiger charge is -2.23. The molecule has 0 aliphatic heterocycles. The lowest BCUT2D eigenvalue weighted by atomic mass is 9.95. The van der Waals surface area contributed by atoms with Crippen LogP contribution in [-0.2, 0) is 6.54 Å². The summed E-state index contributed by atoms with van der Waals surface area (Å²) in [7, 11) is 0. The van der Waals surface area contributed by atoms with Gasteiger partial charge in [-0.1, -0.05) is 56.3 Å². The van der Waals surface area contributed by atoms with Crippen molar-refractivity contribution in [2.75, 3.05) is 0 Å². The molecular formula is C23H26N4O3. The second-order valence-electron chi connectivity index (χ2n) is 7.74. The predicted octanol–water partition coefficient (Wildman–Crippen LogP) is 4.58. The molecule has 30 heavy (non-hydrogen) atoms. The molecule has 0 aliphatic rings. The molecule has 0 saturated carbocycles. The van der Waals surface area contributed by atoms with Crippen molar-refractivity contribution in [3.63, 3.8) is 0 Å². The highest BCUT2D eigenvalue weighted by atomic mass is 16.6. The molecule has 1 unspecified atom stereocenters. The number of rotatable bonds is 7. The first-order valence-corrected chi connectivity index (χ1v) is 9.91. The monoisotopic (exact) mass is 406 g/mol. The molecule has 7 nitrogen and oxygen atoms in total.